The quantitative estimate of drug-likeness (QED) is 0.227. The summed E-state index contributed by atoms with van der Waals surface area (Å²) in [5.41, 5.74) is 4.61. The van der Waals surface area contributed by atoms with Gasteiger partial charge in [0, 0.05) is 12.1 Å². The van der Waals surface area contributed by atoms with Crippen molar-refractivity contribution in [1.82, 2.24) is 11.0 Å². The zero-order valence-electron chi connectivity index (χ0n) is 3.89. The van der Waals surface area contributed by atoms with Gasteiger partial charge in [-0.2, -0.15) is 5.43 Å². The summed E-state index contributed by atoms with van der Waals surface area (Å²) < 4.78 is 0. The molecule has 0 aliphatic heterocycles. The van der Waals surface area contributed by atoms with Crippen molar-refractivity contribution in [3.05, 3.63) is 17.7 Å². The molecule has 0 radical (unpaired) electrons. The van der Waals surface area contributed by atoms with Crippen molar-refractivity contribution in [2.75, 3.05) is 6.54 Å². The molecular formula is C3H7N4+. The molecule has 0 aromatic rings. The minimum absolute atomic E-state index is 0.573. The molecule has 0 atom stereocenters. The predicted molar refractivity (Wildman–Crippen MR) is 26.4 cm³/mol. The molecule has 4 heteroatoms. The van der Waals surface area contributed by atoms with Crippen molar-refractivity contribution in [2.24, 2.45) is 0 Å². The molecule has 0 fully saturated rings. The van der Waals surface area contributed by atoms with Crippen LogP contribution in [0.25, 0.3) is 5.08 Å². The molecule has 0 heterocycles. The Labute approximate surface area is 41.8 Å². The lowest BCUT2D eigenvalue weighted by molar-refractivity contribution is 0.668. The largest absolute Gasteiger partial charge is 0.320 e. The van der Waals surface area contributed by atoms with Crippen LogP contribution in [0.2, 0.25) is 0 Å². The first-order valence-electron chi connectivity index (χ1n) is 1.84. The summed E-state index contributed by atoms with van der Waals surface area (Å²) in [4.78, 5) is 0. The van der Waals surface area contributed by atoms with Crippen LogP contribution in [-0.2, 0) is 0 Å². The first-order valence-corrected chi connectivity index (χ1v) is 1.84. The average molecular weight is 99.1 g/mol. The Morgan fingerprint density at radius 3 is 3.00 bits per heavy atom. The maximum Gasteiger partial charge on any atom is 0.320 e. The Morgan fingerprint density at radius 2 is 2.57 bits per heavy atom. The second-order valence-corrected chi connectivity index (χ2v) is 0.881. The summed E-state index contributed by atoms with van der Waals surface area (Å²) in [5, 5.41) is 10.3. The number of hydrazine groups is 1. The van der Waals surface area contributed by atoms with E-state index in [1.54, 1.807) is 6.08 Å². The molecule has 2 N–H and O–H groups in total. The van der Waals surface area contributed by atoms with Crippen LogP contribution in [0.1, 0.15) is 0 Å². The summed E-state index contributed by atoms with van der Waals surface area (Å²) in [7, 11) is 0. The van der Waals surface area contributed by atoms with Crippen molar-refractivity contribution in [2.45, 2.75) is 0 Å². The van der Waals surface area contributed by atoms with Gasteiger partial charge >= 0.3 is 5.08 Å². The van der Waals surface area contributed by atoms with Gasteiger partial charge < -0.3 is 0 Å². The molecule has 0 unspecified atom stereocenters. The molecule has 0 amide bonds. The molecule has 0 saturated carbocycles. The fourth-order valence-electron chi connectivity index (χ4n) is 0.153. The smallest absolute Gasteiger partial charge is 0.166 e. The van der Waals surface area contributed by atoms with Crippen LogP contribution in [0.3, 0.4) is 0 Å². The zero-order valence-corrected chi connectivity index (χ0v) is 3.89. The predicted octanol–water partition coefficient (Wildman–Crippen LogP) is 0.0347. The molecule has 38 valence electrons. The van der Waals surface area contributed by atoms with Crippen LogP contribution in [0, 0.1) is 5.39 Å². The fraction of sp³-hybridized carbons (Fsp3) is 0.333. The first kappa shape index (κ1) is 5.92. The van der Waals surface area contributed by atoms with Crippen molar-refractivity contribution in [3.63, 3.8) is 0 Å². The molecule has 0 aliphatic carbocycles. The van der Waals surface area contributed by atoms with Crippen LogP contribution in [0.4, 0.5) is 0 Å². The maximum absolute atomic E-state index is 7.71. The van der Waals surface area contributed by atoms with Gasteiger partial charge in [-0.15, -0.1) is 6.58 Å². The van der Waals surface area contributed by atoms with Crippen molar-refractivity contribution in [3.8, 4) is 0 Å². The topological polar surface area (TPSA) is 52.2 Å². The van der Waals surface area contributed by atoms with E-state index in [9.17, 15) is 0 Å². The van der Waals surface area contributed by atoms with E-state index >= 15 is 0 Å². The van der Waals surface area contributed by atoms with Crippen LogP contribution >= 0.6 is 0 Å². The van der Waals surface area contributed by atoms with Gasteiger partial charge in [-0.1, -0.05) is 6.08 Å². The third kappa shape index (κ3) is 4.92. The molecule has 0 aliphatic rings. The van der Waals surface area contributed by atoms with Crippen molar-refractivity contribution < 1.29 is 0 Å². The molecule has 0 aromatic carbocycles. The van der Waals surface area contributed by atoms with E-state index in [0.717, 1.165) is 0 Å². The second kappa shape index (κ2) is 4.92. The summed E-state index contributed by atoms with van der Waals surface area (Å²) in [6.07, 6.45) is 1.64. The van der Waals surface area contributed by atoms with E-state index in [1.807, 2.05) is 0 Å². The van der Waals surface area contributed by atoms with Gasteiger partial charge in [0.05, 0.1) is 0 Å². The Hall–Kier alpha value is -1.08. The number of diazo groups is 1. The summed E-state index contributed by atoms with van der Waals surface area (Å²) >= 11 is 0. The summed E-state index contributed by atoms with van der Waals surface area (Å²) in [6.45, 7) is 3.98. The van der Waals surface area contributed by atoms with Gasteiger partial charge in [0.25, 0.3) is 5.39 Å². The number of rotatable bonds is 3. The Bertz CT molecular complexity index is 81.4. The molecule has 0 rings (SSSR count). The third-order valence-electron chi connectivity index (χ3n) is 0.375. The van der Waals surface area contributed by atoms with Gasteiger partial charge in [-0.25, -0.2) is 0 Å². The lowest BCUT2D eigenvalue weighted by Crippen LogP contribution is -2.24. The molecule has 0 spiro atoms. The Kier molecular flexibility index (Phi) is 4.16. The standard InChI is InChI=1S/C3H6N4/c1-2-3-5-7-6-4/h2,4H,1,3H2/p+1. The highest BCUT2D eigenvalue weighted by atomic mass is 15.6. The third-order valence-corrected chi connectivity index (χ3v) is 0.375. The lowest BCUT2D eigenvalue weighted by atomic mass is 10.7. The normalized spacial score (nSPS) is 6.71. The zero-order chi connectivity index (χ0) is 5.54. The summed E-state index contributed by atoms with van der Waals surface area (Å²) in [6, 6.07) is 0. The van der Waals surface area contributed by atoms with Gasteiger partial charge in [0.1, 0.15) is 0 Å². The monoisotopic (exact) mass is 99.1 g/mol. The number of hydrogen-bond acceptors (Lipinski definition) is 3. The Morgan fingerprint density at radius 1 is 1.86 bits per heavy atom. The molecule has 7 heavy (non-hydrogen) atoms. The fourth-order valence-corrected chi connectivity index (χ4v) is 0.153. The van der Waals surface area contributed by atoms with E-state index in [-0.39, 0.29) is 0 Å². The highest BCUT2D eigenvalue weighted by Gasteiger charge is 1.79. The molecule has 0 saturated heterocycles. The number of nitrogens with one attached hydrogen (secondary N) is 2. The molecule has 4 nitrogen and oxygen atoms in total. The summed E-state index contributed by atoms with van der Waals surface area (Å²) in [5.74, 6) is 0. The van der Waals surface area contributed by atoms with E-state index in [4.69, 9.17) is 5.39 Å². The van der Waals surface area contributed by atoms with Crippen molar-refractivity contribution >= 4 is 0 Å². The van der Waals surface area contributed by atoms with Crippen LogP contribution in [-0.4, -0.2) is 6.54 Å². The average Bonchev–Trinajstić information content (AvgIpc) is 1.69. The first-order chi connectivity index (χ1) is 3.41. The van der Waals surface area contributed by atoms with Gasteiger partial charge in [0.15, 0.2) is 0 Å². The number of hydrogen-bond donors (Lipinski definition) is 2. The lowest BCUT2D eigenvalue weighted by Gasteiger charge is -1.80. The van der Waals surface area contributed by atoms with Crippen LogP contribution < -0.4 is 11.0 Å². The molecule has 0 aromatic heterocycles. The maximum atomic E-state index is 7.71. The SMILES string of the molecule is C=CCNN[N+]#N. The van der Waals surface area contributed by atoms with E-state index in [1.165, 1.54) is 0 Å². The van der Waals surface area contributed by atoms with Crippen LogP contribution in [0.15, 0.2) is 12.7 Å². The number of nitrogens with zero attached hydrogens (tertiary/aromatic N) is 2. The highest BCUT2D eigenvalue weighted by Crippen LogP contribution is 1.52. The minimum atomic E-state index is 0.573. The molecular weight excluding hydrogens is 92.1 g/mol. The Balaban J connectivity index is 2.72. The van der Waals surface area contributed by atoms with Gasteiger partial charge in [0.2, 0.25) is 0 Å². The van der Waals surface area contributed by atoms with E-state index in [0.29, 0.717) is 6.54 Å². The van der Waals surface area contributed by atoms with E-state index in [2.05, 4.69) is 22.6 Å². The van der Waals surface area contributed by atoms with Crippen LogP contribution in [0.5, 0.6) is 0 Å². The van der Waals surface area contributed by atoms with Crippen molar-refractivity contribution in [1.29, 1.82) is 5.39 Å². The minimum Gasteiger partial charge on any atom is -0.166 e. The molecule has 0 bridgehead atoms. The van der Waals surface area contributed by atoms with Gasteiger partial charge in [-0.05, 0) is 0 Å². The van der Waals surface area contributed by atoms with Gasteiger partial charge in [-0.3, -0.25) is 0 Å². The second-order valence-electron chi connectivity index (χ2n) is 0.881. The van der Waals surface area contributed by atoms with E-state index < -0.39 is 0 Å². The highest BCUT2D eigenvalue weighted by molar-refractivity contribution is 4.67.